The van der Waals surface area contributed by atoms with Crippen molar-refractivity contribution in [2.24, 2.45) is 13.0 Å². The van der Waals surface area contributed by atoms with E-state index in [1.807, 2.05) is 50.6 Å². The molecule has 2 N–H and O–H groups in total. The highest BCUT2D eigenvalue weighted by atomic mass is 16.2. The maximum atomic E-state index is 12.9. The van der Waals surface area contributed by atoms with Gasteiger partial charge < -0.3 is 15.5 Å². The molecule has 7 heteroatoms. The number of anilines is 1. The Balaban J connectivity index is 1.68. The number of carbonyl (C=O) groups is 2. The van der Waals surface area contributed by atoms with Crippen LogP contribution in [0.4, 0.5) is 5.69 Å². The number of carbonyl (C=O) groups excluding carboxylic acids is 2. The zero-order valence-electron chi connectivity index (χ0n) is 16.1. The summed E-state index contributed by atoms with van der Waals surface area (Å²) in [6.45, 7) is 6.15. The molecule has 2 amide bonds. The summed E-state index contributed by atoms with van der Waals surface area (Å²) in [5.41, 5.74) is 2.84. The van der Waals surface area contributed by atoms with Crippen molar-refractivity contribution in [2.75, 3.05) is 25.0 Å². The third kappa shape index (κ3) is 4.54. The lowest BCUT2D eigenvalue weighted by Gasteiger charge is -2.20. The summed E-state index contributed by atoms with van der Waals surface area (Å²) >= 11 is 0. The van der Waals surface area contributed by atoms with Crippen molar-refractivity contribution >= 4 is 17.5 Å². The van der Waals surface area contributed by atoms with Gasteiger partial charge in [0.1, 0.15) is 0 Å². The van der Waals surface area contributed by atoms with Crippen LogP contribution in [0.5, 0.6) is 0 Å². The van der Waals surface area contributed by atoms with Gasteiger partial charge in [0.05, 0.1) is 12.1 Å². The number of aryl methyl sites for hydroxylation is 1. The van der Waals surface area contributed by atoms with Crippen molar-refractivity contribution in [1.82, 2.24) is 20.0 Å². The molecular weight excluding hydrogens is 342 g/mol. The molecular formula is C20H27N5O2. The SMILES string of the molecule is CCN(Cc1cccc(NC(=O)[C@H]2CNC[C@@H]2c2cnn(C)c2)c1)C(C)=O. The molecule has 2 aromatic rings. The van der Waals surface area contributed by atoms with Gasteiger partial charge in [-0.25, -0.2) is 0 Å². The van der Waals surface area contributed by atoms with Crippen LogP contribution in [-0.2, 0) is 23.2 Å². The van der Waals surface area contributed by atoms with E-state index in [9.17, 15) is 9.59 Å². The molecule has 2 atom stereocenters. The Morgan fingerprint density at radius 1 is 1.37 bits per heavy atom. The summed E-state index contributed by atoms with van der Waals surface area (Å²) in [5, 5.41) is 10.6. The highest BCUT2D eigenvalue weighted by Crippen LogP contribution is 2.29. The summed E-state index contributed by atoms with van der Waals surface area (Å²) in [6, 6.07) is 7.69. The Morgan fingerprint density at radius 3 is 2.85 bits per heavy atom. The summed E-state index contributed by atoms with van der Waals surface area (Å²) < 4.78 is 1.76. The Hall–Kier alpha value is -2.67. The predicted octanol–water partition coefficient (Wildman–Crippen LogP) is 1.73. The lowest BCUT2D eigenvalue weighted by atomic mass is 9.90. The minimum atomic E-state index is -0.137. The molecule has 1 aliphatic rings. The van der Waals surface area contributed by atoms with Crippen LogP contribution in [-0.4, -0.2) is 46.1 Å². The first-order valence-corrected chi connectivity index (χ1v) is 9.32. The molecule has 0 saturated carbocycles. The van der Waals surface area contributed by atoms with Crippen LogP contribution < -0.4 is 10.6 Å². The molecule has 1 aliphatic heterocycles. The molecule has 0 unspecified atom stereocenters. The summed E-state index contributed by atoms with van der Waals surface area (Å²) in [5.74, 6) is 0.0330. The lowest BCUT2D eigenvalue weighted by Crippen LogP contribution is -2.29. The van der Waals surface area contributed by atoms with Crippen molar-refractivity contribution in [3.05, 3.63) is 47.8 Å². The molecule has 0 bridgehead atoms. The largest absolute Gasteiger partial charge is 0.339 e. The Morgan fingerprint density at radius 2 is 2.19 bits per heavy atom. The number of hydrogen-bond acceptors (Lipinski definition) is 4. The average Bonchev–Trinajstić information content (AvgIpc) is 3.28. The maximum Gasteiger partial charge on any atom is 0.229 e. The highest BCUT2D eigenvalue weighted by Gasteiger charge is 2.34. The second-order valence-corrected chi connectivity index (χ2v) is 7.04. The van der Waals surface area contributed by atoms with Crippen LogP contribution in [0.1, 0.15) is 30.9 Å². The summed E-state index contributed by atoms with van der Waals surface area (Å²) in [6.07, 6.45) is 3.80. The van der Waals surface area contributed by atoms with Crippen molar-refractivity contribution < 1.29 is 9.59 Å². The van der Waals surface area contributed by atoms with Gasteiger partial charge in [0.15, 0.2) is 0 Å². The lowest BCUT2D eigenvalue weighted by molar-refractivity contribution is -0.129. The Labute approximate surface area is 159 Å². The van der Waals surface area contributed by atoms with E-state index in [-0.39, 0.29) is 23.7 Å². The van der Waals surface area contributed by atoms with Gasteiger partial charge in [0, 0.05) is 58.0 Å². The van der Waals surface area contributed by atoms with E-state index in [1.165, 1.54) is 0 Å². The van der Waals surface area contributed by atoms with Gasteiger partial charge in [-0.2, -0.15) is 5.10 Å². The molecule has 2 heterocycles. The first-order chi connectivity index (χ1) is 13.0. The molecule has 0 radical (unpaired) electrons. The van der Waals surface area contributed by atoms with Gasteiger partial charge >= 0.3 is 0 Å². The van der Waals surface area contributed by atoms with Crippen LogP contribution in [0.3, 0.4) is 0 Å². The topological polar surface area (TPSA) is 79.3 Å². The fourth-order valence-electron chi connectivity index (χ4n) is 3.58. The monoisotopic (exact) mass is 369 g/mol. The third-order valence-corrected chi connectivity index (χ3v) is 5.10. The normalized spacial score (nSPS) is 19.1. The quantitative estimate of drug-likeness (QED) is 0.813. The number of benzene rings is 1. The molecule has 1 saturated heterocycles. The predicted molar refractivity (Wildman–Crippen MR) is 104 cm³/mol. The van der Waals surface area contributed by atoms with E-state index in [1.54, 1.807) is 16.5 Å². The minimum Gasteiger partial charge on any atom is -0.339 e. The van der Waals surface area contributed by atoms with Gasteiger partial charge in [0.2, 0.25) is 11.8 Å². The second-order valence-electron chi connectivity index (χ2n) is 7.04. The Bertz CT molecular complexity index is 816. The Kier molecular flexibility index (Phi) is 5.91. The molecule has 1 aromatic heterocycles. The smallest absolute Gasteiger partial charge is 0.229 e. The van der Waals surface area contributed by atoms with E-state index in [4.69, 9.17) is 0 Å². The summed E-state index contributed by atoms with van der Waals surface area (Å²) in [7, 11) is 1.88. The number of nitrogens with one attached hydrogen (secondary N) is 2. The highest BCUT2D eigenvalue weighted by molar-refractivity contribution is 5.93. The van der Waals surface area contributed by atoms with Crippen molar-refractivity contribution in [1.29, 1.82) is 0 Å². The van der Waals surface area contributed by atoms with Crippen molar-refractivity contribution in [3.8, 4) is 0 Å². The van der Waals surface area contributed by atoms with Gasteiger partial charge in [-0.3, -0.25) is 14.3 Å². The standard InChI is InChI=1S/C20H27N5O2/c1-4-25(14(2)26)12-15-6-5-7-17(8-15)23-20(27)19-11-21-10-18(19)16-9-22-24(3)13-16/h5-9,13,18-19,21H,4,10-12H2,1-3H3,(H,23,27)/t18-,19+/m1/s1. The van der Waals surface area contributed by atoms with Crippen molar-refractivity contribution in [2.45, 2.75) is 26.3 Å². The fraction of sp³-hybridized carbons (Fsp3) is 0.450. The molecule has 0 spiro atoms. The second kappa shape index (κ2) is 8.35. The summed E-state index contributed by atoms with van der Waals surface area (Å²) in [4.78, 5) is 26.3. The van der Waals surface area contributed by atoms with Gasteiger partial charge in [0.25, 0.3) is 0 Å². The van der Waals surface area contributed by atoms with Gasteiger partial charge in [-0.1, -0.05) is 12.1 Å². The zero-order chi connectivity index (χ0) is 19.4. The molecule has 144 valence electrons. The maximum absolute atomic E-state index is 12.9. The number of rotatable bonds is 6. The molecule has 1 fully saturated rings. The van der Waals surface area contributed by atoms with Crippen LogP contribution >= 0.6 is 0 Å². The molecule has 27 heavy (non-hydrogen) atoms. The minimum absolute atomic E-state index is 0.00455. The molecule has 7 nitrogen and oxygen atoms in total. The first-order valence-electron chi connectivity index (χ1n) is 9.32. The number of amides is 2. The van der Waals surface area contributed by atoms with Gasteiger partial charge in [-0.05, 0) is 30.2 Å². The number of aromatic nitrogens is 2. The van der Waals surface area contributed by atoms with E-state index in [0.717, 1.165) is 23.4 Å². The number of nitrogens with zero attached hydrogens (tertiary/aromatic N) is 3. The van der Waals surface area contributed by atoms with E-state index >= 15 is 0 Å². The fourth-order valence-corrected chi connectivity index (χ4v) is 3.58. The van der Waals surface area contributed by atoms with Crippen LogP contribution in [0, 0.1) is 5.92 Å². The molecule has 3 rings (SSSR count). The molecule has 0 aliphatic carbocycles. The van der Waals surface area contributed by atoms with Crippen LogP contribution in [0.2, 0.25) is 0 Å². The van der Waals surface area contributed by atoms with Crippen molar-refractivity contribution in [3.63, 3.8) is 0 Å². The zero-order valence-corrected chi connectivity index (χ0v) is 16.1. The number of hydrogen-bond donors (Lipinski definition) is 2. The third-order valence-electron chi connectivity index (χ3n) is 5.10. The van der Waals surface area contributed by atoms with Crippen LogP contribution in [0.15, 0.2) is 36.7 Å². The van der Waals surface area contributed by atoms with Crippen LogP contribution in [0.25, 0.3) is 0 Å². The van der Waals surface area contributed by atoms with Gasteiger partial charge in [-0.15, -0.1) is 0 Å². The molecule has 1 aromatic carbocycles. The first kappa shape index (κ1) is 19.1. The van der Waals surface area contributed by atoms with E-state index in [2.05, 4.69) is 15.7 Å². The average molecular weight is 369 g/mol. The van der Waals surface area contributed by atoms with E-state index < -0.39 is 0 Å². The van der Waals surface area contributed by atoms with E-state index in [0.29, 0.717) is 19.6 Å².